The average Bonchev–Trinajstić information content (AvgIpc) is 2.66. The molecule has 2 aromatic heterocycles. The summed E-state index contributed by atoms with van der Waals surface area (Å²) in [6.45, 7) is 1.72. The van der Waals surface area contributed by atoms with Crippen LogP contribution in [0.25, 0.3) is 22.3 Å². The first kappa shape index (κ1) is 16.4. The molecular formula is C20H14ClFN4. The van der Waals surface area contributed by atoms with E-state index in [-0.39, 0.29) is 5.82 Å². The smallest absolute Gasteiger partial charge is 0.163 e. The number of nitrogens with zero attached hydrogens (tertiary/aromatic N) is 3. The number of fused-ring (bicyclic) bond motifs is 1. The number of hydrogen-bond acceptors (Lipinski definition) is 4. The zero-order valence-electron chi connectivity index (χ0n) is 13.9. The number of anilines is 2. The molecule has 0 atom stereocenters. The molecule has 0 aliphatic rings. The molecule has 0 radical (unpaired) electrons. The fourth-order valence-electron chi connectivity index (χ4n) is 2.70. The van der Waals surface area contributed by atoms with Crippen LogP contribution in [0.15, 0.2) is 60.9 Å². The van der Waals surface area contributed by atoms with Gasteiger partial charge in [-0.1, -0.05) is 17.7 Å². The second-order valence-electron chi connectivity index (χ2n) is 5.86. The van der Waals surface area contributed by atoms with Crippen LogP contribution >= 0.6 is 11.6 Å². The van der Waals surface area contributed by atoms with Gasteiger partial charge in [-0.15, -0.1) is 0 Å². The normalized spacial score (nSPS) is 10.9. The fraction of sp³-hybridized carbons (Fsp3) is 0.0500. The summed E-state index contributed by atoms with van der Waals surface area (Å²) < 4.78 is 13.6. The van der Waals surface area contributed by atoms with Crippen molar-refractivity contribution in [3.8, 4) is 11.4 Å². The largest absolute Gasteiger partial charge is 0.340 e. The monoisotopic (exact) mass is 364 g/mol. The lowest BCUT2D eigenvalue weighted by Crippen LogP contribution is -2.00. The Kier molecular flexibility index (Phi) is 4.22. The Labute approximate surface area is 154 Å². The number of nitrogens with one attached hydrogen (secondary N) is 1. The molecule has 1 N–H and O–H groups in total. The first-order valence-electron chi connectivity index (χ1n) is 8.01. The van der Waals surface area contributed by atoms with E-state index in [1.54, 1.807) is 37.5 Å². The van der Waals surface area contributed by atoms with E-state index in [4.69, 9.17) is 11.6 Å². The molecule has 0 saturated heterocycles. The van der Waals surface area contributed by atoms with Crippen LogP contribution in [0.1, 0.15) is 5.56 Å². The predicted octanol–water partition coefficient (Wildman–Crippen LogP) is 5.54. The molecule has 0 amide bonds. The topological polar surface area (TPSA) is 50.7 Å². The number of rotatable bonds is 3. The number of hydrogen-bond donors (Lipinski definition) is 1. The van der Waals surface area contributed by atoms with Crippen LogP contribution in [0.5, 0.6) is 0 Å². The van der Waals surface area contributed by atoms with Crippen molar-refractivity contribution in [3.05, 3.63) is 77.3 Å². The van der Waals surface area contributed by atoms with Gasteiger partial charge in [-0.05, 0) is 55.0 Å². The van der Waals surface area contributed by atoms with Crippen molar-refractivity contribution in [1.82, 2.24) is 15.0 Å². The van der Waals surface area contributed by atoms with Crippen LogP contribution in [0.2, 0.25) is 5.02 Å². The summed E-state index contributed by atoms with van der Waals surface area (Å²) in [5.74, 6) is 0.865. The average molecular weight is 365 g/mol. The molecule has 4 rings (SSSR count). The van der Waals surface area contributed by atoms with Crippen LogP contribution in [0.4, 0.5) is 15.9 Å². The van der Waals surface area contributed by atoms with E-state index in [0.29, 0.717) is 27.7 Å². The van der Waals surface area contributed by atoms with Gasteiger partial charge in [0, 0.05) is 29.0 Å². The molecule has 2 aromatic carbocycles. The highest BCUT2D eigenvalue weighted by atomic mass is 35.5. The number of pyridine rings is 1. The van der Waals surface area contributed by atoms with Crippen molar-refractivity contribution < 1.29 is 4.39 Å². The standard InChI is InChI=1S/C20H14ClFN4/c1-12-10-14(7-8-17(12)22)24-20-15-5-2-6-16(21)18(15)25-19(26-20)13-4-3-9-23-11-13/h2-11H,1H3,(H,24,25,26). The van der Waals surface area contributed by atoms with E-state index in [9.17, 15) is 4.39 Å². The quantitative estimate of drug-likeness (QED) is 0.518. The number of para-hydroxylation sites is 1. The Bertz CT molecular complexity index is 1100. The third kappa shape index (κ3) is 3.09. The van der Waals surface area contributed by atoms with Crippen molar-refractivity contribution in [3.63, 3.8) is 0 Å². The molecule has 6 heteroatoms. The van der Waals surface area contributed by atoms with Gasteiger partial charge < -0.3 is 5.32 Å². The van der Waals surface area contributed by atoms with E-state index in [0.717, 1.165) is 16.6 Å². The summed E-state index contributed by atoms with van der Waals surface area (Å²) in [6, 6.07) is 14.1. The molecule has 0 bridgehead atoms. The molecule has 0 spiro atoms. The first-order valence-corrected chi connectivity index (χ1v) is 8.39. The Balaban J connectivity index is 1.89. The lowest BCUT2D eigenvalue weighted by atomic mass is 10.2. The minimum atomic E-state index is -0.248. The molecule has 0 unspecified atom stereocenters. The van der Waals surface area contributed by atoms with E-state index in [1.165, 1.54) is 6.07 Å². The molecule has 0 aliphatic heterocycles. The van der Waals surface area contributed by atoms with Gasteiger partial charge in [0.25, 0.3) is 0 Å². The highest BCUT2D eigenvalue weighted by molar-refractivity contribution is 6.35. The van der Waals surface area contributed by atoms with E-state index < -0.39 is 0 Å². The second-order valence-corrected chi connectivity index (χ2v) is 6.27. The summed E-state index contributed by atoms with van der Waals surface area (Å²) >= 11 is 6.35. The summed E-state index contributed by atoms with van der Waals surface area (Å²) in [6.07, 6.45) is 3.39. The summed E-state index contributed by atoms with van der Waals surface area (Å²) in [4.78, 5) is 13.4. The van der Waals surface area contributed by atoms with Gasteiger partial charge in [0.15, 0.2) is 5.82 Å². The fourth-order valence-corrected chi connectivity index (χ4v) is 2.91. The van der Waals surface area contributed by atoms with Crippen LogP contribution in [-0.4, -0.2) is 15.0 Å². The molecule has 2 heterocycles. The summed E-state index contributed by atoms with van der Waals surface area (Å²) in [7, 11) is 0. The number of benzene rings is 2. The maximum absolute atomic E-state index is 13.6. The number of aryl methyl sites for hydroxylation is 1. The molecule has 4 nitrogen and oxygen atoms in total. The Morgan fingerprint density at radius 3 is 2.69 bits per heavy atom. The van der Waals surface area contributed by atoms with Crippen LogP contribution < -0.4 is 5.32 Å². The SMILES string of the molecule is Cc1cc(Nc2nc(-c3cccnc3)nc3c(Cl)cccc23)ccc1F. The van der Waals surface area contributed by atoms with Gasteiger partial charge in [0.2, 0.25) is 0 Å². The Morgan fingerprint density at radius 1 is 1.04 bits per heavy atom. The lowest BCUT2D eigenvalue weighted by Gasteiger charge is -2.12. The minimum absolute atomic E-state index is 0.248. The van der Waals surface area contributed by atoms with E-state index in [2.05, 4.69) is 20.3 Å². The minimum Gasteiger partial charge on any atom is -0.340 e. The maximum atomic E-state index is 13.6. The Morgan fingerprint density at radius 2 is 1.92 bits per heavy atom. The van der Waals surface area contributed by atoms with Gasteiger partial charge in [0.05, 0.1) is 10.5 Å². The molecule has 0 saturated carbocycles. The van der Waals surface area contributed by atoms with E-state index >= 15 is 0 Å². The van der Waals surface area contributed by atoms with Crippen molar-refractivity contribution in [2.75, 3.05) is 5.32 Å². The molecule has 26 heavy (non-hydrogen) atoms. The third-order valence-corrected chi connectivity index (χ3v) is 4.32. The second kappa shape index (κ2) is 6.69. The van der Waals surface area contributed by atoms with Crippen molar-refractivity contribution in [1.29, 1.82) is 0 Å². The van der Waals surface area contributed by atoms with Crippen molar-refractivity contribution in [2.24, 2.45) is 0 Å². The van der Waals surface area contributed by atoms with Crippen LogP contribution in [0.3, 0.4) is 0 Å². The highest BCUT2D eigenvalue weighted by Crippen LogP contribution is 2.31. The molecular weight excluding hydrogens is 351 g/mol. The number of halogens is 2. The van der Waals surface area contributed by atoms with Crippen LogP contribution in [-0.2, 0) is 0 Å². The zero-order valence-corrected chi connectivity index (χ0v) is 14.6. The summed E-state index contributed by atoms with van der Waals surface area (Å²) in [5, 5.41) is 4.58. The van der Waals surface area contributed by atoms with Gasteiger partial charge in [-0.2, -0.15) is 0 Å². The molecule has 4 aromatic rings. The third-order valence-electron chi connectivity index (χ3n) is 4.02. The summed E-state index contributed by atoms with van der Waals surface area (Å²) in [5.41, 5.74) is 2.72. The number of aromatic nitrogens is 3. The van der Waals surface area contributed by atoms with Crippen molar-refractivity contribution >= 4 is 34.0 Å². The van der Waals surface area contributed by atoms with Gasteiger partial charge >= 0.3 is 0 Å². The highest BCUT2D eigenvalue weighted by Gasteiger charge is 2.12. The predicted molar refractivity (Wildman–Crippen MR) is 102 cm³/mol. The van der Waals surface area contributed by atoms with Gasteiger partial charge in [-0.3, -0.25) is 4.98 Å². The van der Waals surface area contributed by atoms with E-state index in [1.807, 2.05) is 24.3 Å². The first-order chi connectivity index (χ1) is 12.6. The maximum Gasteiger partial charge on any atom is 0.163 e. The zero-order chi connectivity index (χ0) is 18.1. The van der Waals surface area contributed by atoms with Crippen molar-refractivity contribution in [2.45, 2.75) is 6.92 Å². The Hall–Kier alpha value is -3.05. The molecule has 128 valence electrons. The lowest BCUT2D eigenvalue weighted by molar-refractivity contribution is 0.619. The molecule has 0 aliphatic carbocycles. The van der Waals surface area contributed by atoms with Crippen LogP contribution in [0, 0.1) is 12.7 Å². The molecule has 0 fully saturated rings. The van der Waals surface area contributed by atoms with Gasteiger partial charge in [-0.25, -0.2) is 14.4 Å². The van der Waals surface area contributed by atoms with Gasteiger partial charge in [0.1, 0.15) is 11.6 Å².